The Kier molecular flexibility index (Phi) is 2.01. The van der Waals surface area contributed by atoms with Crippen LogP contribution < -0.4 is 0 Å². The van der Waals surface area contributed by atoms with Crippen LogP contribution in [0.5, 0.6) is 0 Å². The molecule has 1 unspecified atom stereocenters. The van der Waals surface area contributed by atoms with E-state index in [-0.39, 0.29) is 18.5 Å². The van der Waals surface area contributed by atoms with E-state index in [1.807, 2.05) is 30.3 Å². The normalized spacial score (nSPS) is 35.9. The van der Waals surface area contributed by atoms with Crippen LogP contribution in [0.3, 0.4) is 0 Å². The van der Waals surface area contributed by atoms with Crippen LogP contribution in [-0.4, -0.2) is 25.4 Å². The van der Waals surface area contributed by atoms with Gasteiger partial charge in [-0.05, 0) is 0 Å². The van der Waals surface area contributed by atoms with Gasteiger partial charge in [-0.25, -0.2) is 0 Å². The topological polar surface area (TPSA) is 31.0 Å². The van der Waals surface area contributed by atoms with Crippen LogP contribution >= 0.6 is 0 Å². The molecule has 14 heavy (non-hydrogen) atoms. The fraction of sp³-hybridized carbons (Fsp3) is 0.455. The van der Waals surface area contributed by atoms with Gasteiger partial charge in [0.1, 0.15) is 12.2 Å². The largest absolute Gasteiger partial charge is 0.370 e. The van der Waals surface area contributed by atoms with Crippen LogP contribution in [-0.2, 0) is 14.2 Å². The first-order valence-corrected chi connectivity index (χ1v) is 4.87. The molecule has 3 atom stereocenters. The summed E-state index contributed by atoms with van der Waals surface area (Å²) in [5, 5.41) is 0. The molecular weight excluding hydrogens is 180 g/mol. The van der Waals surface area contributed by atoms with Gasteiger partial charge in [-0.15, -0.1) is 0 Å². The molecule has 1 aromatic carbocycles. The zero-order valence-corrected chi connectivity index (χ0v) is 7.76. The lowest BCUT2D eigenvalue weighted by atomic mass is 10.2. The number of benzene rings is 1. The van der Waals surface area contributed by atoms with Gasteiger partial charge in [-0.3, -0.25) is 0 Å². The van der Waals surface area contributed by atoms with Crippen molar-refractivity contribution in [2.45, 2.75) is 18.5 Å². The van der Waals surface area contributed by atoms with Crippen LogP contribution in [0.15, 0.2) is 30.3 Å². The predicted molar refractivity (Wildman–Crippen MR) is 49.7 cm³/mol. The molecule has 3 heteroatoms. The van der Waals surface area contributed by atoms with Crippen molar-refractivity contribution in [3.8, 4) is 0 Å². The van der Waals surface area contributed by atoms with Gasteiger partial charge in [0.05, 0.1) is 13.2 Å². The van der Waals surface area contributed by atoms with Gasteiger partial charge >= 0.3 is 0 Å². The quantitative estimate of drug-likeness (QED) is 0.665. The molecular formula is C11H12O3. The summed E-state index contributed by atoms with van der Waals surface area (Å²) >= 11 is 0. The van der Waals surface area contributed by atoms with E-state index in [2.05, 4.69) is 0 Å². The molecule has 0 aromatic heterocycles. The van der Waals surface area contributed by atoms with E-state index in [0.717, 1.165) is 12.2 Å². The van der Waals surface area contributed by atoms with Crippen molar-refractivity contribution in [3.63, 3.8) is 0 Å². The molecule has 0 aliphatic carbocycles. The van der Waals surface area contributed by atoms with Crippen molar-refractivity contribution in [3.05, 3.63) is 35.9 Å². The highest BCUT2D eigenvalue weighted by Gasteiger charge is 2.40. The maximum Gasteiger partial charge on any atom is 0.184 e. The van der Waals surface area contributed by atoms with Gasteiger partial charge in [0.15, 0.2) is 6.29 Å². The summed E-state index contributed by atoms with van der Waals surface area (Å²) in [5.41, 5.74) is 1.08. The van der Waals surface area contributed by atoms with E-state index in [1.165, 1.54) is 0 Å². The summed E-state index contributed by atoms with van der Waals surface area (Å²) in [6.45, 7) is 1.46. The predicted octanol–water partition coefficient (Wildman–Crippen LogP) is 1.50. The minimum Gasteiger partial charge on any atom is -0.370 e. The number of hydrogen-bond acceptors (Lipinski definition) is 3. The molecule has 0 amide bonds. The molecule has 3 nitrogen and oxygen atoms in total. The highest BCUT2D eigenvalue weighted by molar-refractivity contribution is 5.16. The number of epoxide rings is 1. The van der Waals surface area contributed by atoms with Crippen LogP contribution in [0, 0.1) is 0 Å². The summed E-state index contributed by atoms with van der Waals surface area (Å²) < 4.78 is 16.4. The third-order valence-corrected chi connectivity index (χ3v) is 2.56. The standard InChI is InChI=1S/C11H12O3/c1-2-4-8(5-3-1)11-13-7-10(14-11)9-6-12-9/h1-5,9-11H,6-7H2/t9-,10-,11?/m0/s1. The Bertz CT molecular complexity index is 308. The second kappa shape index (κ2) is 3.35. The van der Waals surface area contributed by atoms with Gasteiger partial charge < -0.3 is 14.2 Å². The molecule has 2 heterocycles. The van der Waals surface area contributed by atoms with Crippen molar-refractivity contribution in [1.82, 2.24) is 0 Å². The molecule has 74 valence electrons. The highest BCUT2D eigenvalue weighted by Crippen LogP contribution is 2.31. The first kappa shape index (κ1) is 8.41. The SMILES string of the molecule is c1ccc(C2OC[C@@H]([C@@H]3CO3)O2)cc1. The summed E-state index contributed by atoms with van der Waals surface area (Å²) in [7, 11) is 0. The lowest BCUT2D eigenvalue weighted by Crippen LogP contribution is -2.17. The number of hydrogen-bond donors (Lipinski definition) is 0. The van der Waals surface area contributed by atoms with Gasteiger partial charge in [-0.2, -0.15) is 0 Å². The molecule has 0 spiro atoms. The molecule has 2 fully saturated rings. The Morgan fingerprint density at radius 2 is 1.71 bits per heavy atom. The van der Waals surface area contributed by atoms with Crippen LogP contribution in [0.2, 0.25) is 0 Å². The van der Waals surface area contributed by atoms with Crippen LogP contribution in [0.4, 0.5) is 0 Å². The van der Waals surface area contributed by atoms with Gasteiger partial charge in [-0.1, -0.05) is 30.3 Å². The third kappa shape index (κ3) is 1.54. The summed E-state index contributed by atoms with van der Waals surface area (Å²) in [5.74, 6) is 0. The Balaban J connectivity index is 1.70. The van der Waals surface area contributed by atoms with Gasteiger partial charge in [0, 0.05) is 5.56 Å². The molecule has 1 aromatic rings. The summed E-state index contributed by atoms with van der Waals surface area (Å²) in [6.07, 6.45) is 0.189. The molecule has 2 aliphatic rings. The smallest absolute Gasteiger partial charge is 0.184 e. The van der Waals surface area contributed by atoms with Crippen molar-refractivity contribution >= 4 is 0 Å². The Morgan fingerprint density at radius 1 is 0.929 bits per heavy atom. The second-order valence-corrected chi connectivity index (χ2v) is 3.62. The van der Waals surface area contributed by atoms with Crippen molar-refractivity contribution < 1.29 is 14.2 Å². The maximum absolute atomic E-state index is 5.72. The third-order valence-electron chi connectivity index (χ3n) is 2.56. The average Bonchev–Trinajstić information content (AvgIpc) is 2.98. The van der Waals surface area contributed by atoms with E-state index < -0.39 is 0 Å². The summed E-state index contributed by atoms with van der Waals surface area (Å²) in [6, 6.07) is 9.99. The van der Waals surface area contributed by atoms with E-state index in [9.17, 15) is 0 Å². The Labute approximate surface area is 82.6 Å². The Hall–Kier alpha value is -0.900. The van der Waals surface area contributed by atoms with Crippen LogP contribution in [0.25, 0.3) is 0 Å². The minimum atomic E-state index is -0.203. The monoisotopic (exact) mass is 192 g/mol. The Morgan fingerprint density at radius 3 is 2.43 bits per heavy atom. The second-order valence-electron chi connectivity index (χ2n) is 3.62. The fourth-order valence-corrected chi connectivity index (χ4v) is 1.67. The zero-order valence-electron chi connectivity index (χ0n) is 7.76. The van der Waals surface area contributed by atoms with Gasteiger partial charge in [0.25, 0.3) is 0 Å². The van der Waals surface area contributed by atoms with Crippen LogP contribution in [0.1, 0.15) is 11.9 Å². The molecule has 2 aliphatic heterocycles. The highest BCUT2D eigenvalue weighted by atomic mass is 16.7. The molecule has 3 rings (SSSR count). The number of rotatable bonds is 2. The average molecular weight is 192 g/mol. The summed E-state index contributed by atoms with van der Waals surface area (Å²) in [4.78, 5) is 0. The van der Waals surface area contributed by atoms with Crippen molar-refractivity contribution in [2.24, 2.45) is 0 Å². The lowest BCUT2D eigenvalue weighted by molar-refractivity contribution is -0.0636. The first-order chi connectivity index (χ1) is 6.93. The van der Waals surface area contributed by atoms with Crippen molar-refractivity contribution in [1.29, 1.82) is 0 Å². The first-order valence-electron chi connectivity index (χ1n) is 4.87. The van der Waals surface area contributed by atoms with E-state index in [0.29, 0.717) is 6.61 Å². The molecule has 0 radical (unpaired) electrons. The molecule has 2 saturated heterocycles. The molecule has 0 bridgehead atoms. The minimum absolute atomic E-state index is 0.125. The lowest BCUT2D eigenvalue weighted by Gasteiger charge is -2.09. The maximum atomic E-state index is 5.72. The zero-order chi connectivity index (χ0) is 9.38. The molecule has 0 saturated carbocycles. The number of ether oxygens (including phenoxy) is 3. The van der Waals surface area contributed by atoms with Gasteiger partial charge in [0.2, 0.25) is 0 Å². The van der Waals surface area contributed by atoms with Crippen molar-refractivity contribution in [2.75, 3.05) is 13.2 Å². The van der Waals surface area contributed by atoms with E-state index in [4.69, 9.17) is 14.2 Å². The molecule has 0 N–H and O–H groups in total. The van der Waals surface area contributed by atoms with E-state index in [1.54, 1.807) is 0 Å². The fourth-order valence-electron chi connectivity index (χ4n) is 1.67. The van der Waals surface area contributed by atoms with E-state index >= 15 is 0 Å².